The highest BCUT2D eigenvalue weighted by Gasteiger charge is 2.13. The molecule has 0 radical (unpaired) electrons. The van der Waals surface area contributed by atoms with Gasteiger partial charge in [-0.2, -0.15) is 0 Å². The lowest BCUT2D eigenvalue weighted by Crippen LogP contribution is -2.13. The Morgan fingerprint density at radius 3 is 2.62 bits per heavy atom. The van der Waals surface area contributed by atoms with Gasteiger partial charge in [0.25, 0.3) is 5.91 Å². The van der Waals surface area contributed by atoms with Crippen molar-refractivity contribution in [3.63, 3.8) is 0 Å². The van der Waals surface area contributed by atoms with E-state index in [1.54, 1.807) is 30.3 Å². The van der Waals surface area contributed by atoms with Crippen LogP contribution in [-0.2, 0) is 0 Å². The van der Waals surface area contributed by atoms with E-state index in [9.17, 15) is 9.59 Å². The van der Waals surface area contributed by atoms with Crippen molar-refractivity contribution in [3.05, 3.63) is 53.6 Å². The molecule has 108 valence electrons. The fourth-order valence-electron chi connectivity index (χ4n) is 1.82. The lowest BCUT2D eigenvalue weighted by molar-refractivity contribution is 0.0696. The molecular formula is C15H14N2O4. The molecule has 0 fully saturated rings. The van der Waals surface area contributed by atoms with Crippen LogP contribution in [-0.4, -0.2) is 24.1 Å². The van der Waals surface area contributed by atoms with Gasteiger partial charge >= 0.3 is 5.97 Å². The first-order valence-corrected chi connectivity index (χ1v) is 6.09. The highest BCUT2D eigenvalue weighted by Crippen LogP contribution is 2.23. The van der Waals surface area contributed by atoms with Crippen LogP contribution in [0.25, 0.3) is 0 Å². The molecule has 0 aromatic heterocycles. The van der Waals surface area contributed by atoms with Crippen molar-refractivity contribution in [2.24, 2.45) is 0 Å². The number of aromatic carboxylic acids is 1. The van der Waals surface area contributed by atoms with Gasteiger partial charge in [0.05, 0.1) is 18.2 Å². The number of nitrogens with one attached hydrogen (secondary N) is 1. The monoisotopic (exact) mass is 286 g/mol. The Balaban J connectivity index is 2.26. The number of amides is 1. The summed E-state index contributed by atoms with van der Waals surface area (Å²) in [5, 5.41) is 11.6. The Hall–Kier alpha value is -3.02. The summed E-state index contributed by atoms with van der Waals surface area (Å²) in [6.07, 6.45) is 0. The molecule has 0 aliphatic rings. The molecular weight excluding hydrogens is 272 g/mol. The number of hydrogen-bond acceptors (Lipinski definition) is 4. The van der Waals surface area contributed by atoms with Crippen molar-refractivity contribution in [2.75, 3.05) is 18.2 Å². The van der Waals surface area contributed by atoms with Gasteiger partial charge < -0.3 is 20.9 Å². The van der Waals surface area contributed by atoms with Crippen molar-refractivity contribution in [3.8, 4) is 5.75 Å². The summed E-state index contributed by atoms with van der Waals surface area (Å²) in [4.78, 5) is 23.1. The molecule has 0 aliphatic carbocycles. The van der Waals surface area contributed by atoms with Gasteiger partial charge in [0.2, 0.25) is 0 Å². The molecule has 6 nitrogen and oxygen atoms in total. The third-order valence-corrected chi connectivity index (χ3v) is 2.84. The van der Waals surface area contributed by atoms with Crippen molar-refractivity contribution in [2.45, 2.75) is 0 Å². The normalized spacial score (nSPS) is 9.95. The number of benzene rings is 2. The van der Waals surface area contributed by atoms with E-state index in [0.29, 0.717) is 22.7 Å². The van der Waals surface area contributed by atoms with Gasteiger partial charge in [0, 0.05) is 17.4 Å². The first-order valence-electron chi connectivity index (χ1n) is 6.09. The molecule has 0 heterocycles. The van der Waals surface area contributed by atoms with Crippen LogP contribution in [0.15, 0.2) is 42.5 Å². The van der Waals surface area contributed by atoms with E-state index in [4.69, 9.17) is 15.6 Å². The number of nitrogen functional groups attached to an aromatic ring is 1. The van der Waals surface area contributed by atoms with E-state index in [-0.39, 0.29) is 5.56 Å². The maximum Gasteiger partial charge on any atom is 0.335 e. The van der Waals surface area contributed by atoms with Crippen LogP contribution in [0.3, 0.4) is 0 Å². The van der Waals surface area contributed by atoms with E-state index in [1.807, 2.05) is 0 Å². The average Bonchev–Trinajstić information content (AvgIpc) is 2.47. The lowest BCUT2D eigenvalue weighted by Gasteiger charge is -2.10. The number of rotatable bonds is 4. The molecule has 0 saturated heterocycles. The molecule has 6 heteroatoms. The van der Waals surface area contributed by atoms with Gasteiger partial charge in [-0.3, -0.25) is 4.79 Å². The molecule has 4 N–H and O–H groups in total. The fourth-order valence-corrected chi connectivity index (χ4v) is 1.82. The Morgan fingerprint density at radius 2 is 1.95 bits per heavy atom. The zero-order valence-corrected chi connectivity index (χ0v) is 11.3. The third kappa shape index (κ3) is 3.30. The number of carboxylic acids is 1. The van der Waals surface area contributed by atoms with E-state index < -0.39 is 11.9 Å². The highest BCUT2D eigenvalue weighted by atomic mass is 16.5. The molecule has 0 bridgehead atoms. The lowest BCUT2D eigenvalue weighted by atomic mass is 10.1. The average molecular weight is 286 g/mol. The topological polar surface area (TPSA) is 102 Å². The number of methoxy groups -OCH3 is 1. The minimum Gasteiger partial charge on any atom is -0.496 e. The van der Waals surface area contributed by atoms with E-state index >= 15 is 0 Å². The predicted octanol–water partition coefficient (Wildman–Crippen LogP) is 2.23. The van der Waals surface area contributed by atoms with Gasteiger partial charge in [-0.05, 0) is 30.3 Å². The molecule has 1 amide bonds. The summed E-state index contributed by atoms with van der Waals surface area (Å²) in [6.45, 7) is 0. The van der Waals surface area contributed by atoms with Crippen LogP contribution >= 0.6 is 0 Å². The van der Waals surface area contributed by atoms with Gasteiger partial charge in [-0.1, -0.05) is 6.07 Å². The number of nitrogens with two attached hydrogens (primary N) is 1. The standard InChI is InChI=1S/C15H14N2O4/c1-21-13-8-10(16)5-6-12(13)14(18)17-11-4-2-3-9(7-11)15(19)20/h2-8H,16H2,1H3,(H,17,18)(H,19,20). The Morgan fingerprint density at radius 1 is 1.19 bits per heavy atom. The second kappa shape index (κ2) is 5.96. The first-order chi connectivity index (χ1) is 10.0. The van der Waals surface area contributed by atoms with Crippen molar-refractivity contribution < 1.29 is 19.4 Å². The summed E-state index contributed by atoms with van der Waals surface area (Å²) in [5.74, 6) is -1.12. The van der Waals surface area contributed by atoms with Crippen LogP contribution in [0.1, 0.15) is 20.7 Å². The molecule has 0 unspecified atom stereocenters. The minimum absolute atomic E-state index is 0.0945. The van der Waals surface area contributed by atoms with E-state index in [1.165, 1.54) is 19.2 Å². The number of anilines is 2. The Bertz CT molecular complexity index is 698. The molecule has 2 rings (SSSR count). The molecule has 2 aromatic carbocycles. The molecule has 0 atom stereocenters. The number of ether oxygens (including phenoxy) is 1. The predicted molar refractivity (Wildman–Crippen MR) is 78.8 cm³/mol. The number of carboxylic acid groups (broad SMARTS) is 1. The second-order valence-electron chi connectivity index (χ2n) is 4.30. The van der Waals surface area contributed by atoms with Crippen LogP contribution in [0.4, 0.5) is 11.4 Å². The zero-order valence-electron chi connectivity index (χ0n) is 11.3. The maximum atomic E-state index is 12.2. The molecule has 0 aliphatic heterocycles. The minimum atomic E-state index is -1.06. The Labute approximate surface area is 121 Å². The van der Waals surface area contributed by atoms with Gasteiger partial charge in [-0.25, -0.2) is 4.79 Å². The van der Waals surface area contributed by atoms with Crippen LogP contribution in [0.2, 0.25) is 0 Å². The summed E-state index contributed by atoms with van der Waals surface area (Å²) in [7, 11) is 1.44. The van der Waals surface area contributed by atoms with E-state index in [2.05, 4.69) is 5.32 Å². The van der Waals surface area contributed by atoms with Crippen molar-refractivity contribution in [1.29, 1.82) is 0 Å². The van der Waals surface area contributed by atoms with Crippen LogP contribution in [0.5, 0.6) is 5.75 Å². The molecule has 2 aromatic rings. The van der Waals surface area contributed by atoms with Gasteiger partial charge in [0.15, 0.2) is 0 Å². The summed E-state index contributed by atoms with van der Waals surface area (Å²) < 4.78 is 5.11. The summed E-state index contributed by atoms with van der Waals surface area (Å²) in [6, 6.07) is 10.7. The van der Waals surface area contributed by atoms with E-state index in [0.717, 1.165) is 0 Å². The molecule has 0 spiro atoms. The number of carbonyl (C=O) groups excluding carboxylic acids is 1. The smallest absolute Gasteiger partial charge is 0.335 e. The van der Waals surface area contributed by atoms with Crippen LogP contribution < -0.4 is 15.8 Å². The Kier molecular flexibility index (Phi) is 4.08. The number of carbonyl (C=O) groups is 2. The van der Waals surface area contributed by atoms with Crippen LogP contribution in [0, 0.1) is 0 Å². The highest BCUT2D eigenvalue weighted by molar-refractivity contribution is 6.06. The van der Waals surface area contributed by atoms with Crippen molar-refractivity contribution >= 4 is 23.3 Å². The molecule has 0 saturated carbocycles. The summed E-state index contributed by atoms with van der Waals surface area (Å²) >= 11 is 0. The largest absolute Gasteiger partial charge is 0.496 e. The van der Waals surface area contributed by atoms with Gasteiger partial charge in [-0.15, -0.1) is 0 Å². The fraction of sp³-hybridized carbons (Fsp3) is 0.0667. The SMILES string of the molecule is COc1cc(N)ccc1C(=O)Nc1cccc(C(=O)O)c1. The molecule has 21 heavy (non-hydrogen) atoms. The third-order valence-electron chi connectivity index (χ3n) is 2.84. The maximum absolute atomic E-state index is 12.2. The summed E-state index contributed by atoms with van der Waals surface area (Å²) in [5.41, 5.74) is 6.91. The first kappa shape index (κ1) is 14.4. The zero-order chi connectivity index (χ0) is 15.4. The van der Waals surface area contributed by atoms with Crippen molar-refractivity contribution in [1.82, 2.24) is 0 Å². The number of hydrogen-bond donors (Lipinski definition) is 3. The van der Waals surface area contributed by atoms with Gasteiger partial charge in [0.1, 0.15) is 5.75 Å². The second-order valence-corrected chi connectivity index (χ2v) is 4.30. The quantitative estimate of drug-likeness (QED) is 0.748.